The van der Waals surface area contributed by atoms with Gasteiger partial charge in [-0.3, -0.25) is 0 Å². The first-order valence-electron chi connectivity index (χ1n) is 12.4. The van der Waals surface area contributed by atoms with Gasteiger partial charge in [-0.1, -0.05) is 38.2 Å². The standard InChI is InChI=1S/C27H42O3/c1-17(6-13-25(29)20-8-9-20)23-11-12-24-19(5-4-14-27(23,24)3)7-10-21-15-22(28)16-26(30)18(21)2/h7,10,17,20,22-26,28-30H,2,4-6,8-9,11-16H2,1,3H3/b19-7?,21-10-/t17-,22-,23-,24+,25?,26+,27-/m1/s1. The maximum Gasteiger partial charge on any atom is 0.0811 e. The van der Waals surface area contributed by atoms with Crippen LogP contribution in [0.3, 0.4) is 0 Å². The molecule has 0 aromatic carbocycles. The first-order chi connectivity index (χ1) is 14.3. The molecule has 4 aliphatic carbocycles. The molecule has 4 aliphatic rings. The Balaban J connectivity index is 1.44. The summed E-state index contributed by atoms with van der Waals surface area (Å²) in [4.78, 5) is 0. The highest BCUT2D eigenvalue weighted by Crippen LogP contribution is 2.60. The van der Waals surface area contributed by atoms with Crippen LogP contribution in [0.1, 0.15) is 84.5 Å². The minimum Gasteiger partial charge on any atom is -0.393 e. The SMILES string of the molecule is C=C1/C(=C\C=C2CCC[C@]3(C)[C@@H]([C@H](C)CCC(O)C4CC4)CC[C@@H]23)C[C@@H](O)C[C@@H]1O. The summed E-state index contributed by atoms with van der Waals surface area (Å²) in [7, 11) is 0. The molecule has 0 heterocycles. The van der Waals surface area contributed by atoms with Crippen LogP contribution < -0.4 is 0 Å². The van der Waals surface area contributed by atoms with Crippen LogP contribution in [0, 0.1) is 29.1 Å². The molecule has 0 bridgehead atoms. The van der Waals surface area contributed by atoms with Crippen LogP contribution in [0.4, 0.5) is 0 Å². The van der Waals surface area contributed by atoms with Crippen molar-refractivity contribution in [1.82, 2.24) is 0 Å². The van der Waals surface area contributed by atoms with E-state index in [1.807, 2.05) is 0 Å². The molecule has 4 saturated carbocycles. The molecule has 0 spiro atoms. The Hall–Kier alpha value is -0.900. The van der Waals surface area contributed by atoms with Crippen molar-refractivity contribution in [2.75, 3.05) is 0 Å². The Morgan fingerprint density at radius 2 is 1.90 bits per heavy atom. The average Bonchev–Trinajstić information content (AvgIpc) is 3.49. The molecule has 168 valence electrons. The Labute approximate surface area is 183 Å². The summed E-state index contributed by atoms with van der Waals surface area (Å²) >= 11 is 0. The van der Waals surface area contributed by atoms with Gasteiger partial charge in [-0.05, 0) is 104 Å². The van der Waals surface area contributed by atoms with Gasteiger partial charge in [0.15, 0.2) is 0 Å². The minimum atomic E-state index is -0.613. The van der Waals surface area contributed by atoms with Gasteiger partial charge in [-0.2, -0.15) is 0 Å². The van der Waals surface area contributed by atoms with E-state index in [1.165, 1.54) is 44.9 Å². The summed E-state index contributed by atoms with van der Waals surface area (Å²) in [6.45, 7) is 9.01. The Kier molecular flexibility index (Phi) is 6.63. The number of fused-ring (bicyclic) bond motifs is 1. The molecule has 30 heavy (non-hydrogen) atoms. The lowest BCUT2D eigenvalue weighted by atomic mass is 9.60. The van der Waals surface area contributed by atoms with Gasteiger partial charge in [0.1, 0.15) is 0 Å². The molecule has 0 aromatic heterocycles. The Morgan fingerprint density at radius 3 is 2.63 bits per heavy atom. The van der Waals surface area contributed by atoms with Crippen LogP contribution in [0.15, 0.2) is 35.5 Å². The van der Waals surface area contributed by atoms with E-state index in [-0.39, 0.29) is 6.10 Å². The normalized spacial score (nSPS) is 41.8. The molecule has 3 N–H and O–H groups in total. The predicted molar refractivity (Wildman–Crippen MR) is 122 cm³/mol. The second-order valence-electron chi connectivity index (χ2n) is 11.1. The van der Waals surface area contributed by atoms with E-state index < -0.39 is 12.2 Å². The maximum absolute atomic E-state index is 10.3. The van der Waals surface area contributed by atoms with Gasteiger partial charge in [0.05, 0.1) is 18.3 Å². The van der Waals surface area contributed by atoms with Crippen LogP contribution in [0.2, 0.25) is 0 Å². The van der Waals surface area contributed by atoms with Gasteiger partial charge < -0.3 is 15.3 Å². The first kappa shape index (κ1) is 22.3. The second-order valence-corrected chi connectivity index (χ2v) is 11.1. The van der Waals surface area contributed by atoms with Gasteiger partial charge in [0, 0.05) is 6.42 Å². The average molecular weight is 415 g/mol. The Bertz CT molecular complexity index is 703. The fraction of sp³-hybridized carbons (Fsp3) is 0.778. The van der Waals surface area contributed by atoms with Gasteiger partial charge in [-0.25, -0.2) is 0 Å². The van der Waals surface area contributed by atoms with E-state index in [1.54, 1.807) is 5.57 Å². The lowest BCUT2D eigenvalue weighted by Gasteiger charge is -2.44. The molecule has 0 amide bonds. The minimum absolute atomic E-state index is 0.0693. The molecule has 7 atom stereocenters. The molecular weight excluding hydrogens is 372 g/mol. The number of hydrogen-bond acceptors (Lipinski definition) is 3. The van der Waals surface area contributed by atoms with Crippen molar-refractivity contribution < 1.29 is 15.3 Å². The zero-order valence-electron chi connectivity index (χ0n) is 19.0. The van der Waals surface area contributed by atoms with Crippen LogP contribution in [-0.2, 0) is 0 Å². The van der Waals surface area contributed by atoms with Crippen LogP contribution in [-0.4, -0.2) is 33.6 Å². The molecule has 0 radical (unpaired) electrons. The summed E-state index contributed by atoms with van der Waals surface area (Å²) < 4.78 is 0. The van der Waals surface area contributed by atoms with Crippen LogP contribution >= 0.6 is 0 Å². The third-order valence-electron chi connectivity index (χ3n) is 9.07. The fourth-order valence-electron chi connectivity index (χ4n) is 7.03. The molecule has 0 aromatic rings. The quantitative estimate of drug-likeness (QED) is 0.552. The van der Waals surface area contributed by atoms with E-state index in [0.29, 0.717) is 36.0 Å². The third-order valence-corrected chi connectivity index (χ3v) is 9.07. The van der Waals surface area contributed by atoms with E-state index in [2.05, 4.69) is 32.6 Å². The zero-order valence-corrected chi connectivity index (χ0v) is 19.0. The second kappa shape index (κ2) is 8.92. The lowest BCUT2D eigenvalue weighted by Crippen LogP contribution is -2.36. The van der Waals surface area contributed by atoms with E-state index in [4.69, 9.17) is 0 Å². The highest BCUT2D eigenvalue weighted by Gasteiger charge is 2.50. The fourth-order valence-corrected chi connectivity index (χ4v) is 7.03. The number of allylic oxidation sites excluding steroid dienone is 3. The molecule has 3 heteroatoms. The van der Waals surface area contributed by atoms with Crippen molar-refractivity contribution in [3.8, 4) is 0 Å². The first-order valence-corrected chi connectivity index (χ1v) is 12.4. The number of hydrogen-bond donors (Lipinski definition) is 3. The van der Waals surface area contributed by atoms with Gasteiger partial charge in [0.25, 0.3) is 0 Å². The molecule has 0 aliphatic heterocycles. The molecule has 4 fully saturated rings. The summed E-state index contributed by atoms with van der Waals surface area (Å²) in [5.74, 6) is 2.66. The lowest BCUT2D eigenvalue weighted by molar-refractivity contribution is 0.0784. The van der Waals surface area contributed by atoms with Gasteiger partial charge in [0.2, 0.25) is 0 Å². The molecule has 3 nitrogen and oxygen atoms in total. The van der Waals surface area contributed by atoms with E-state index >= 15 is 0 Å². The Morgan fingerprint density at radius 1 is 1.13 bits per heavy atom. The highest BCUT2D eigenvalue weighted by molar-refractivity contribution is 5.38. The molecule has 1 unspecified atom stereocenters. The van der Waals surface area contributed by atoms with Gasteiger partial charge >= 0.3 is 0 Å². The van der Waals surface area contributed by atoms with Crippen LogP contribution in [0.5, 0.6) is 0 Å². The summed E-state index contributed by atoms with van der Waals surface area (Å²) in [6.07, 6.45) is 15.2. The van der Waals surface area contributed by atoms with Crippen molar-refractivity contribution >= 4 is 0 Å². The summed E-state index contributed by atoms with van der Waals surface area (Å²) in [6, 6.07) is 0. The largest absolute Gasteiger partial charge is 0.393 e. The third kappa shape index (κ3) is 4.49. The van der Waals surface area contributed by atoms with E-state index in [9.17, 15) is 15.3 Å². The van der Waals surface area contributed by atoms with Crippen molar-refractivity contribution in [2.45, 2.75) is 103 Å². The predicted octanol–water partition coefficient (Wildman–Crippen LogP) is 5.31. The number of aliphatic hydroxyl groups excluding tert-OH is 3. The zero-order chi connectivity index (χ0) is 21.5. The number of rotatable bonds is 6. The summed E-state index contributed by atoms with van der Waals surface area (Å²) in [5.41, 5.74) is 3.72. The van der Waals surface area contributed by atoms with Crippen molar-refractivity contribution in [3.05, 3.63) is 35.5 Å². The smallest absolute Gasteiger partial charge is 0.0811 e. The number of aliphatic hydroxyl groups is 3. The van der Waals surface area contributed by atoms with Crippen LogP contribution in [0.25, 0.3) is 0 Å². The highest BCUT2D eigenvalue weighted by atomic mass is 16.3. The van der Waals surface area contributed by atoms with Crippen molar-refractivity contribution in [2.24, 2.45) is 29.1 Å². The van der Waals surface area contributed by atoms with Gasteiger partial charge in [-0.15, -0.1) is 0 Å². The molecular formula is C27H42O3. The van der Waals surface area contributed by atoms with E-state index in [0.717, 1.165) is 29.9 Å². The van der Waals surface area contributed by atoms with Crippen molar-refractivity contribution in [3.63, 3.8) is 0 Å². The molecule has 0 saturated heterocycles. The van der Waals surface area contributed by atoms with Crippen molar-refractivity contribution in [1.29, 1.82) is 0 Å². The monoisotopic (exact) mass is 414 g/mol. The maximum atomic E-state index is 10.3. The topological polar surface area (TPSA) is 60.7 Å². The summed E-state index contributed by atoms with van der Waals surface area (Å²) in [5, 5.41) is 30.5. The molecule has 4 rings (SSSR count).